The average Bonchev–Trinajstić information content (AvgIpc) is 2.87. The van der Waals surface area contributed by atoms with Crippen LogP contribution in [0, 0.1) is 5.41 Å². The minimum Gasteiger partial charge on any atom is -0.481 e. The Bertz CT molecular complexity index is 424. The summed E-state index contributed by atoms with van der Waals surface area (Å²) in [6, 6.07) is 3.82. The lowest BCUT2D eigenvalue weighted by Crippen LogP contribution is -2.23. The molecule has 0 bridgehead atoms. The van der Waals surface area contributed by atoms with Gasteiger partial charge in [-0.3, -0.25) is 4.79 Å². The van der Waals surface area contributed by atoms with Crippen LogP contribution in [0.25, 0.3) is 0 Å². The second-order valence-electron chi connectivity index (χ2n) is 5.14. The predicted molar refractivity (Wildman–Crippen MR) is 74.7 cm³/mol. The molecule has 0 spiro atoms. The summed E-state index contributed by atoms with van der Waals surface area (Å²) in [6.07, 6.45) is 4.19. The lowest BCUT2D eigenvalue weighted by Gasteiger charge is -2.29. The summed E-state index contributed by atoms with van der Waals surface area (Å²) in [5, 5.41) is 19.3. The van der Waals surface area contributed by atoms with E-state index < -0.39 is 12.1 Å². The highest BCUT2D eigenvalue weighted by Crippen LogP contribution is 2.48. The van der Waals surface area contributed by atoms with Crippen molar-refractivity contribution < 1.29 is 15.0 Å². The van der Waals surface area contributed by atoms with Crippen LogP contribution in [0.5, 0.6) is 0 Å². The summed E-state index contributed by atoms with van der Waals surface area (Å²) in [5.74, 6) is -0.753. The highest BCUT2D eigenvalue weighted by atomic mass is 79.9. The van der Waals surface area contributed by atoms with Crippen LogP contribution in [0.15, 0.2) is 15.9 Å². The average molecular weight is 333 g/mol. The standard InChI is InChI=1S/C13H17BrO3S/c14-11-4-3-10(18-11)9(15)7-13(8-12(16)17)5-1-2-6-13/h3-4,9,15H,1-2,5-8H2,(H,16,17). The van der Waals surface area contributed by atoms with Crippen LogP contribution < -0.4 is 0 Å². The lowest BCUT2D eigenvalue weighted by atomic mass is 9.77. The van der Waals surface area contributed by atoms with Crippen molar-refractivity contribution in [3.63, 3.8) is 0 Å². The van der Waals surface area contributed by atoms with Crippen LogP contribution in [0.3, 0.4) is 0 Å². The maximum Gasteiger partial charge on any atom is 0.303 e. The number of carboxylic acid groups (broad SMARTS) is 1. The van der Waals surface area contributed by atoms with Gasteiger partial charge < -0.3 is 10.2 Å². The smallest absolute Gasteiger partial charge is 0.303 e. The number of halogens is 1. The molecule has 2 N–H and O–H groups in total. The number of aliphatic carboxylic acids is 1. The molecule has 100 valence electrons. The van der Waals surface area contributed by atoms with Gasteiger partial charge in [0.15, 0.2) is 0 Å². The summed E-state index contributed by atoms with van der Waals surface area (Å²) in [5.41, 5.74) is -0.207. The van der Waals surface area contributed by atoms with Gasteiger partial charge in [0, 0.05) is 4.88 Å². The molecule has 0 amide bonds. The quantitative estimate of drug-likeness (QED) is 0.857. The van der Waals surface area contributed by atoms with Gasteiger partial charge in [-0.15, -0.1) is 11.3 Å². The van der Waals surface area contributed by atoms with E-state index in [1.54, 1.807) is 0 Å². The minimum atomic E-state index is -0.753. The van der Waals surface area contributed by atoms with Gasteiger partial charge in [-0.2, -0.15) is 0 Å². The molecule has 1 aliphatic rings. The van der Waals surface area contributed by atoms with Gasteiger partial charge >= 0.3 is 5.97 Å². The van der Waals surface area contributed by atoms with E-state index in [9.17, 15) is 9.90 Å². The van der Waals surface area contributed by atoms with Gasteiger partial charge in [0.1, 0.15) is 0 Å². The molecule has 2 rings (SSSR count). The third-order valence-electron chi connectivity index (χ3n) is 3.74. The molecule has 1 heterocycles. The molecular formula is C13H17BrO3S. The first kappa shape index (κ1) is 14.0. The van der Waals surface area contributed by atoms with E-state index in [-0.39, 0.29) is 11.8 Å². The summed E-state index contributed by atoms with van der Waals surface area (Å²) in [4.78, 5) is 11.9. The van der Waals surface area contributed by atoms with Crippen molar-refractivity contribution in [3.8, 4) is 0 Å². The number of aliphatic hydroxyl groups is 1. The molecule has 3 nitrogen and oxygen atoms in total. The Hall–Kier alpha value is -0.390. The first-order valence-corrected chi connectivity index (χ1v) is 7.77. The fourth-order valence-corrected chi connectivity index (χ4v) is 4.33. The fraction of sp³-hybridized carbons (Fsp3) is 0.615. The number of carbonyl (C=O) groups is 1. The maximum absolute atomic E-state index is 11.0. The molecule has 1 aromatic rings. The van der Waals surface area contributed by atoms with Crippen LogP contribution in [-0.2, 0) is 4.79 Å². The molecule has 0 saturated heterocycles. The van der Waals surface area contributed by atoms with Crippen molar-refractivity contribution in [2.75, 3.05) is 0 Å². The molecule has 1 fully saturated rings. The number of hydrogen-bond donors (Lipinski definition) is 2. The molecule has 1 atom stereocenters. The summed E-state index contributed by atoms with van der Waals surface area (Å²) < 4.78 is 0.996. The zero-order valence-electron chi connectivity index (χ0n) is 10.1. The van der Waals surface area contributed by atoms with Crippen molar-refractivity contribution in [1.82, 2.24) is 0 Å². The van der Waals surface area contributed by atoms with Crippen molar-refractivity contribution in [3.05, 3.63) is 20.8 Å². The van der Waals surface area contributed by atoms with E-state index in [1.165, 1.54) is 11.3 Å². The second kappa shape index (κ2) is 5.72. The number of aliphatic hydroxyl groups excluding tert-OH is 1. The third-order valence-corrected chi connectivity index (χ3v) is 5.46. The number of rotatable bonds is 5. The normalized spacial score (nSPS) is 19.9. The molecule has 1 unspecified atom stereocenters. The molecule has 0 aliphatic heterocycles. The molecule has 1 aromatic heterocycles. The summed E-state index contributed by atoms with van der Waals surface area (Å²) >= 11 is 4.90. The number of hydrogen-bond acceptors (Lipinski definition) is 3. The van der Waals surface area contributed by atoms with Gasteiger partial charge in [0.25, 0.3) is 0 Å². The molecule has 0 aromatic carbocycles. The van der Waals surface area contributed by atoms with E-state index in [1.807, 2.05) is 12.1 Å². The Morgan fingerprint density at radius 1 is 1.44 bits per heavy atom. The predicted octanol–water partition coefficient (Wildman–Crippen LogP) is 3.97. The van der Waals surface area contributed by atoms with Gasteiger partial charge in [0.05, 0.1) is 16.3 Å². The van der Waals surface area contributed by atoms with E-state index in [0.717, 1.165) is 34.3 Å². The summed E-state index contributed by atoms with van der Waals surface area (Å²) in [6.45, 7) is 0. The van der Waals surface area contributed by atoms with E-state index >= 15 is 0 Å². The Kier molecular flexibility index (Phi) is 4.45. The SMILES string of the molecule is O=C(O)CC1(CC(O)c2ccc(Br)s2)CCCC1. The number of thiophene rings is 1. The largest absolute Gasteiger partial charge is 0.481 e. The third kappa shape index (κ3) is 3.33. The minimum absolute atomic E-state index is 0.177. The van der Waals surface area contributed by atoms with E-state index in [0.29, 0.717) is 6.42 Å². The highest BCUT2D eigenvalue weighted by Gasteiger charge is 2.38. The lowest BCUT2D eigenvalue weighted by molar-refractivity contribution is -0.140. The number of carboxylic acids is 1. The van der Waals surface area contributed by atoms with Gasteiger partial charge in [-0.05, 0) is 52.7 Å². The molecule has 1 aliphatic carbocycles. The van der Waals surface area contributed by atoms with Crippen LogP contribution in [0.4, 0.5) is 0 Å². The Morgan fingerprint density at radius 3 is 2.61 bits per heavy atom. The second-order valence-corrected chi connectivity index (χ2v) is 7.63. The maximum atomic E-state index is 11.0. The molecule has 0 radical (unpaired) electrons. The Labute approximate surface area is 119 Å². The van der Waals surface area contributed by atoms with Gasteiger partial charge in [-0.25, -0.2) is 0 Å². The Balaban J connectivity index is 2.07. The van der Waals surface area contributed by atoms with E-state index in [4.69, 9.17) is 5.11 Å². The van der Waals surface area contributed by atoms with Crippen molar-refractivity contribution >= 4 is 33.2 Å². The topological polar surface area (TPSA) is 57.5 Å². The van der Waals surface area contributed by atoms with Crippen molar-refractivity contribution in [1.29, 1.82) is 0 Å². The summed E-state index contributed by atoms with van der Waals surface area (Å²) in [7, 11) is 0. The van der Waals surface area contributed by atoms with Crippen molar-refractivity contribution in [2.24, 2.45) is 5.41 Å². The first-order valence-electron chi connectivity index (χ1n) is 6.16. The van der Waals surface area contributed by atoms with E-state index in [2.05, 4.69) is 15.9 Å². The Morgan fingerprint density at radius 2 is 2.11 bits per heavy atom. The fourth-order valence-electron chi connectivity index (χ4n) is 2.92. The monoisotopic (exact) mass is 332 g/mol. The molecule has 5 heteroatoms. The molecular weight excluding hydrogens is 316 g/mol. The van der Waals surface area contributed by atoms with Crippen LogP contribution >= 0.6 is 27.3 Å². The van der Waals surface area contributed by atoms with Gasteiger partial charge in [-0.1, -0.05) is 12.8 Å². The van der Waals surface area contributed by atoms with Gasteiger partial charge in [0.2, 0.25) is 0 Å². The molecule has 1 saturated carbocycles. The first-order chi connectivity index (χ1) is 8.51. The molecule has 18 heavy (non-hydrogen) atoms. The van der Waals surface area contributed by atoms with Crippen LogP contribution in [-0.4, -0.2) is 16.2 Å². The zero-order valence-corrected chi connectivity index (χ0v) is 12.5. The highest BCUT2D eigenvalue weighted by molar-refractivity contribution is 9.11. The van der Waals surface area contributed by atoms with Crippen LogP contribution in [0.1, 0.15) is 49.5 Å². The van der Waals surface area contributed by atoms with Crippen LogP contribution in [0.2, 0.25) is 0 Å². The zero-order chi connectivity index (χ0) is 13.2. The van der Waals surface area contributed by atoms with Crippen molar-refractivity contribution in [2.45, 2.75) is 44.6 Å².